The Labute approximate surface area is 93.4 Å². The van der Waals surface area contributed by atoms with E-state index in [4.69, 9.17) is 5.11 Å². The summed E-state index contributed by atoms with van der Waals surface area (Å²) in [5, 5.41) is 8.27. The maximum Gasteiger partial charge on any atom is 0.376 e. The van der Waals surface area contributed by atoms with Crippen molar-refractivity contribution in [2.45, 2.75) is 0 Å². The van der Waals surface area contributed by atoms with E-state index in [0.29, 0.717) is 4.47 Å². The molecule has 0 saturated carbocycles. The summed E-state index contributed by atoms with van der Waals surface area (Å²) < 4.78 is 13.7. The van der Waals surface area contributed by atoms with Gasteiger partial charge in [0, 0.05) is 10.0 Å². The SMILES string of the molecule is O=C(O)C(=O)C=Cc1ccc(Br)cc1F. The van der Waals surface area contributed by atoms with E-state index in [1.54, 1.807) is 6.07 Å². The molecule has 78 valence electrons. The van der Waals surface area contributed by atoms with Gasteiger partial charge in [0.05, 0.1) is 0 Å². The standard InChI is InChI=1S/C10H6BrFO3/c11-7-3-1-6(8(12)5-7)2-4-9(13)10(14)15/h1-5H,(H,14,15). The van der Waals surface area contributed by atoms with Crippen molar-refractivity contribution in [3.8, 4) is 0 Å². The van der Waals surface area contributed by atoms with E-state index in [9.17, 15) is 14.0 Å². The van der Waals surface area contributed by atoms with Crippen molar-refractivity contribution in [3.05, 3.63) is 40.1 Å². The summed E-state index contributed by atoms with van der Waals surface area (Å²) in [6.45, 7) is 0. The van der Waals surface area contributed by atoms with Crippen LogP contribution in [-0.4, -0.2) is 16.9 Å². The van der Waals surface area contributed by atoms with Crippen LogP contribution < -0.4 is 0 Å². The van der Waals surface area contributed by atoms with Crippen LogP contribution in [0.5, 0.6) is 0 Å². The number of aliphatic carboxylic acids is 1. The largest absolute Gasteiger partial charge is 0.475 e. The van der Waals surface area contributed by atoms with Crippen LogP contribution in [0.4, 0.5) is 4.39 Å². The number of ketones is 1. The first kappa shape index (κ1) is 11.6. The monoisotopic (exact) mass is 272 g/mol. The molecule has 0 aliphatic rings. The summed E-state index contributed by atoms with van der Waals surface area (Å²) in [6.07, 6.45) is 1.94. The number of rotatable bonds is 3. The van der Waals surface area contributed by atoms with Crippen molar-refractivity contribution < 1.29 is 19.1 Å². The fourth-order valence-electron chi connectivity index (χ4n) is 0.873. The molecule has 0 atom stereocenters. The van der Waals surface area contributed by atoms with E-state index in [1.807, 2.05) is 0 Å². The maximum absolute atomic E-state index is 13.2. The first-order chi connectivity index (χ1) is 7.00. The summed E-state index contributed by atoms with van der Waals surface area (Å²) in [4.78, 5) is 20.8. The van der Waals surface area contributed by atoms with Crippen molar-refractivity contribution in [2.24, 2.45) is 0 Å². The summed E-state index contributed by atoms with van der Waals surface area (Å²) in [7, 11) is 0. The minimum Gasteiger partial charge on any atom is -0.475 e. The third-order valence-corrected chi connectivity index (χ3v) is 2.08. The van der Waals surface area contributed by atoms with Crippen molar-refractivity contribution >= 4 is 33.8 Å². The lowest BCUT2D eigenvalue weighted by atomic mass is 10.2. The fourth-order valence-corrected chi connectivity index (χ4v) is 1.21. The highest BCUT2D eigenvalue weighted by Crippen LogP contribution is 2.16. The highest BCUT2D eigenvalue weighted by Gasteiger charge is 2.06. The molecule has 0 aliphatic carbocycles. The lowest BCUT2D eigenvalue weighted by Gasteiger charge is -1.96. The Morgan fingerprint density at radius 3 is 2.60 bits per heavy atom. The lowest BCUT2D eigenvalue weighted by molar-refractivity contribution is -0.146. The molecular formula is C10H6BrFO3. The molecule has 0 bridgehead atoms. The van der Waals surface area contributed by atoms with Gasteiger partial charge in [0.15, 0.2) is 0 Å². The predicted molar refractivity (Wildman–Crippen MR) is 55.8 cm³/mol. The second-order valence-corrected chi connectivity index (χ2v) is 3.58. The minimum atomic E-state index is -1.57. The van der Waals surface area contributed by atoms with Gasteiger partial charge >= 0.3 is 5.97 Å². The third kappa shape index (κ3) is 3.28. The Bertz CT molecular complexity index is 440. The Hall–Kier alpha value is -1.49. The molecule has 0 spiro atoms. The van der Waals surface area contributed by atoms with Gasteiger partial charge in [-0.1, -0.05) is 22.0 Å². The van der Waals surface area contributed by atoms with Crippen LogP contribution in [0.3, 0.4) is 0 Å². The number of carbonyl (C=O) groups excluding carboxylic acids is 1. The molecule has 0 aliphatic heterocycles. The zero-order valence-electron chi connectivity index (χ0n) is 7.41. The smallest absolute Gasteiger partial charge is 0.376 e. The van der Waals surface area contributed by atoms with Gasteiger partial charge in [-0.3, -0.25) is 4.79 Å². The average molecular weight is 273 g/mol. The Morgan fingerprint density at radius 1 is 1.40 bits per heavy atom. The van der Waals surface area contributed by atoms with Gasteiger partial charge in [-0.2, -0.15) is 0 Å². The average Bonchev–Trinajstić information content (AvgIpc) is 2.15. The molecule has 1 aromatic carbocycles. The summed E-state index contributed by atoms with van der Waals surface area (Å²) in [5.74, 6) is -3.18. The second-order valence-electron chi connectivity index (χ2n) is 2.67. The molecule has 0 fully saturated rings. The highest BCUT2D eigenvalue weighted by atomic mass is 79.9. The van der Waals surface area contributed by atoms with Crippen molar-refractivity contribution in [1.82, 2.24) is 0 Å². The van der Waals surface area contributed by atoms with Gasteiger partial charge in [0.1, 0.15) is 5.82 Å². The number of carboxylic acids is 1. The van der Waals surface area contributed by atoms with E-state index < -0.39 is 17.6 Å². The quantitative estimate of drug-likeness (QED) is 0.678. The van der Waals surface area contributed by atoms with E-state index in [0.717, 1.165) is 12.2 Å². The normalized spacial score (nSPS) is 10.5. The second kappa shape index (κ2) is 4.84. The van der Waals surface area contributed by atoms with E-state index in [1.165, 1.54) is 12.1 Å². The molecule has 0 saturated heterocycles. The Morgan fingerprint density at radius 2 is 2.07 bits per heavy atom. The number of benzene rings is 1. The maximum atomic E-state index is 13.2. The molecule has 3 nitrogen and oxygen atoms in total. The first-order valence-corrected chi connectivity index (χ1v) is 4.70. The van der Waals surface area contributed by atoms with Gasteiger partial charge < -0.3 is 5.11 Å². The van der Waals surface area contributed by atoms with Crippen LogP contribution in [0.1, 0.15) is 5.56 Å². The van der Waals surface area contributed by atoms with E-state index >= 15 is 0 Å². The van der Waals surface area contributed by atoms with Crippen molar-refractivity contribution in [1.29, 1.82) is 0 Å². The van der Waals surface area contributed by atoms with Crippen LogP contribution >= 0.6 is 15.9 Å². The van der Waals surface area contributed by atoms with Gasteiger partial charge in [-0.15, -0.1) is 0 Å². The molecule has 1 aromatic rings. The van der Waals surface area contributed by atoms with Gasteiger partial charge in [-0.05, 0) is 24.3 Å². The van der Waals surface area contributed by atoms with Gasteiger partial charge in [0.25, 0.3) is 5.78 Å². The predicted octanol–water partition coefficient (Wildman–Crippen LogP) is 2.26. The van der Waals surface area contributed by atoms with Crippen molar-refractivity contribution in [3.63, 3.8) is 0 Å². The summed E-state index contributed by atoms with van der Waals surface area (Å²) in [6, 6.07) is 4.25. The van der Waals surface area contributed by atoms with Crippen LogP contribution in [-0.2, 0) is 9.59 Å². The van der Waals surface area contributed by atoms with E-state index in [2.05, 4.69) is 15.9 Å². The molecule has 0 aromatic heterocycles. The van der Waals surface area contributed by atoms with Crippen LogP contribution in [0.15, 0.2) is 28.7 Å². The highest BCUT2D eigenvalue weighted by molar-refractivity contribution is 9.10. The van der Waals surface area contributed by atoms with Gasteiger partial charge in [0.2, 0.25) is 0 Å². The number of carboxylic acid groups (broad SMARTS) is 1. The molecule has 15 heavy (non-hydrogen) atoms. The molecule has 0 heterocycles. The first-order valence-electron chi connectivity index (χ1n) is 3.91. The number of carbonyl (C=O) groups is 2. The minimum absolute atomic E-state index is 0.160. The van der Waals surface area contributed by atoms with E-state index in [-0.39, 0.29) is 5.56 Å². The fraction of sp³-hybridized carbons (Fsp3) is 0. The van der Waals surface area contributed by atoms with Crippen LogP contribution in [0.2, 0.25) is 0 Å². The number of hydrogen-bond acceptors (Lipinski definition) is 2. The molecule has 1 rings (SSSR count). The van der Waals surface area contributed by atoms with Crippen LogP contribution in [0.25, 0.3) is 6.08 Å². The Kier molecular flexibility index (Phi) is 3.74. The van der Waals surface area contributed by atoms with Crippen molar-refractivity contribution in [2.75, 3.05) is 0 Å². The van der Waals surface area contributed by atoms with Gasteiger partial charge in [-0.25, -0.2) is 9.18 Å². The van der Waals surface area contributed by atoms with Crippen LogP contribution in [0, 0.1) is 5.82 Å². The molecule has 1 N–H and O–H groups in total. The lowest BCUT2D eigenvalue weighted by Crippen LogP contribution is -2.08. The molecule has 0 radical (unpaired) electrons. The zero-order chi connectivity index (χ0) is 11.4. The third-order valence-electron chi connectivity index (χ3n) is 1.59. The molecule has 5 heteroatoms. The number of halogens is 2. The topological polar surface area (TPSA) is 54.4 Å². The molecule has 0 unspecified atom stereocenters. The summed E-state index contributed by atoms with van der Waals surface area (Å²) in [5.41, 5.74) is 0.160. The Balaban J connectivity index is 2.90. The summed E-state index contributed by atoms with van der Waals surface area (Å²) >= 11 is 3.07. The molecule has 0 amide bonds. The number of hydrogen-bond donors (Lipinski definition) is 1. The zero-order valence-corrected chi connectivity index (χ0v) is 8.99. The molecular weight excluding hydrogens is 267 g/mol.